The van der Waals surface area contributed by atoms with Crippen LogP contribution >= 0.6 is 34.7 Å². The number of anilines is 1. The molecule has 0 radical (unpaired) electrons. The molecule has 0 aliphatic carbocycles. The molecule has 0 aliphatic heterocycles. The quantitative estimate of drug-likeness (QED) is 0.427. The van der Waals surface area contributed by atoms with E-state index in [1.807, 2.05) is 55.5 Å². The number of carbonyl (C=O) groups is 1. The SMILES string of the molecule is Cc1ccc(NC(=O)CSc2nnc(-c3sc4ccccc4c3Cl)o2)cc1. The van der Waals surface area contributed by atoms with Crippen LogP contribution in [0.2, 0.25) is 5.02 Å². The minimum atomic E-state index is -0.136. The molecule has 0 fully saturated rings. The van der Waals surface area contributed by atoms with Gasteiger partial charge in [-0.15, -0.1) is 21.5 Å². The van der Waals surface area contributed by atoms with Gasteiger partial charge in [-0.25, -0.2) is 0 Å². The Bertz CT molecular complexity index is 1110. The van der Waals surface area contributed by atoms with Crippen LogP contribution in [-0.2, 0) is 4.79 Å². The topological polar surface area (TPSA) is 68.0 Å². The number of nitrogens with one attached hydrogen (secondary N) is 1. The van der Waals surface area contributed by atoms with Gasteiger partial charge >= 0.3 is 0 Å². The van der Waals surface area contributed by atoms with Gasteiger partial charge in [-0.3, -0.25) is 4.79 Å². The molecule has 4 rings (SSSR count). The maximum atomic E-state index is 12.1. The van der Waals surface area contributed by atoms with E-state index in [0.717, 1.165) is 26.2 Å². The van der Waals surface area contributed by atoms with E-state index in [-0.39, 0.29) is 11.7 Å². The lowest BCUT2D eigenvalue weighted by molar-refractivity contribution is -0.113. The Balaban J connectivity index is 1.42. The number of nitrogens with zero attached hydrogens (tertiary/aromatic N) is 2. The van der Waals surface area contributed by atoms with E-state index in [1.54, 1.807) is 0 Å². The molecule has 1 amide bonds. The predicted molar refractivity (Wildman–Crippen MR) is 111 cm³/mol. The minimum absolute atomic E-state index is 0.136. The summed E-state index contributed by atoms with van der Waals surface area (Å²) in [5, 5.41) is 12.8. The molecule has 2 aromatic heterocycles. The molecule has 27 heavy (non-hydrogen) atoms. The number of rotatable bonds is 5. The average molecular weight is 416 g/mol. The lowest BCUT2D eigenvalue weighted by Crippen LogP contribution is -2.13. The zero-order valence-electron chi connectivity index (χ0n) is 14.2. The Morgan fingerprint density at radius 2 is 1.96 bits per heavy atom. The largest absolute Gasteiger partial charge is 0.410 e. The van der Waals surface area contributed by atoms with Crippen LogP contribution < -0.4 is 5.32 Å². The summed E-state index contributed by atoms with van der Waals surface area (Å²) in [6, 6.07) is 15.5. The zero-order chi connectivity index (χ0) is 18.8. The summed E-state index contributed by atoms with van der Waals surface area (Å²) in [6.07, 6.45) is 0. The molecule has 0 bridgehead atoms. The highest BCUT2D eigenvalue weighted by atomic mass is 35.5. The van der Waals surface area contributed by atoms with Crippen LogP contribution in [0.3, 0.4) is 0 Å². The number of thiophene rings is 1. The van der Waals surface area contributed by atoms with E-state index in [4.69, 9.17) is 16.0 Å². The summed E-state index contributed by atoms with van der Waals surface area (Å²) in [4.78, 5) is 12.8. The van der Waals surface area contributed by atoms with Crippen molar-refractivity contribution in [3.8, 4) is 10.8 Å². The van der Waals surface area contributed by atoms with Crippen LogP contribution in [0.15, 0.2) is 58.2 Å². The third kappa shape index (κ3) is 4.00. The van der Waals surface area contributed by atoms with E-state index < -0.39 is 0 Å². The Morgan fingerprint density at radius 3 is 2.74 bits per heavy atom. The number of thioether (sulfide) groups is 1. The van der Waals surface area contributed by atoms with E-state index in [0.29, 0.717) is 16.1 Å². The number of aryl methyl sites for hydroxylation is 1. The lowest BCUT2D eigenvalue weighted by Gasteiger charge is -2.03. The van der Waals surface area contributed by atoms with Gasteiger partial charge in [0, 0.05) is 15.8 Å². The Kier molecular flexibility index (Phi) is 5.15. The zero-order valence-corrected chi connectivity index (χ0v) is 16.6. The number of carbonyl (C=O) groups excluding carboxylic acids is 1. The number of fused-ring (bicyclic) bond motifs is 1. The first kappa shape index (κ1) is 18.0. The molecule has 136 valence electrons. The Hall–Kier alpha value is -2.35. The van der Waals surface area contributed by atoms with Crippen LogP contribution in [0.1, 0.15) is 5.56 Å². The number of aromatic nitrogens is 2. The third-order valence-corrected chi connectivity index (χ3v) is 6.28. The molecular formula is C19H14ClN3O2S2. The van der Waals surface area contributed by atoms with Crippen molar-refractivity contribution in [3.63, 3.8) is 0 Å². The first-order chi connectivity index (χ1) is 13.1. The Labute approximate surface area is 168 Å². The molecule has 8 heteroatoms. The van der Waals surface area contributed by atoms with Gasteiger partial charge in [0.1, 0.15) is 4.88 Å². The van der Waals surface area contributed by atoms with Gasteiger partial charge in [0.05, 0.1) is 10.8 Å². The predicted octanol–water partition coefficient (Wildman–Crippen LogP) is 5.64. The molecule has 4 aromatic rings. The van der Waals surface area contributed by atoms with Crippen LogP contribution in [0.25, 0.3) is 20.9 Å². The molecule has 2 aromatic carbocycles. The summed E-state index contributed by atoms with van der Waals surface area (Å²) in [6.45, 7) is 2.00. The first-order valence-corrected chi connectivity index (χ1v) is 10.3. The standard InChI is InChI=1S/C19H14ClN3O2S2/c1-11-6-8-12(9-7-11)21-15(24)10-26-19-23-22-18(25-19)17-16(20)13-4-2-3-5-14(13)27-17/h2-9H,10H2,1H3,(H,21,24). The molecule has 0 saturated heterocycles. The van der Waals surface area contributed by atoms with Crippen LogP contribution in [-0.4, -0.2) is 21.9 Å². The fourth-order valence-corrected chi connectivity index (χ4v) is 4.47. The number of halogens is 1. The maximum Gasteiger partial charge on any atom is 0.277 e. The summed E-state index contributed by atoms with van der Waals surface area (Å²) >= 11 is 9.13. The molecule has 5 nitrogen and oxygen atoms in total. The van der Waals surface area contributed by atoms with Crippen LogP contribution in [0.5, 0.6) is 0 Å². The van der Waals surface area contributed by atoms with Gasteiger partial charge in [-0.1, -0.05) is 59.3 Å². The maximum absolute atomic E-state index is 12.1. The molecule has 2 heterocycles. The highest BCUT2D eigenvalue weighted by Crippen LogP contribution is 2.41. The summed E-state index contributed by atoms with van der Waals surface area (Å²) < 4.78 is 6.74. The van der Waals surface area contributed by atoms with Gasteiger partial charge in [0.25, 0.3) is 11.1 Å². The van der Waals surface area contributed by atoms with Gasteiger partial charge in [0.15, 0.2) is 0 Å². The summed E-state index contributed by atoms with van der Waals surface area (Å²) in [7, 11) is 0. The molecule has 0 saturated carbocycles. The van der Waals surface area contributed by atoms with Crippen molar-refractivity contribution in [3.05, 3.63) is 59.1 Å². The van der Waals surface area contributed by atoms with E-state index in [2.05, 4.69) is 15.5 Å². The highest BCUT2D eigenvalue weighted by molar-refractivity contribution is 7.99. The third-order valence-electron chi connectivity index (χ3n) is 3.80. The van der Waals surface area contributed by atoms with E-state index in [1.165, 1.54) is 23.1 Å². The Morgan fingerprint density at radius 1 is 1.19 bits per heavy atom. The second-order valence-corrected chi connectivity index (χ2v) is 8.17. The van der Waals surface area contributed by atoms with Crippen molar-refractivity contribution in [1.82, 2.24) is 10.2 Å². The molecule has 0 unspecified atom stereocenters. The van der Waals surface area contributed by atoms with Crippen molar-refractivity contribution in [1.29, 1.82) is 0 Å². The number of amides is 1. The molecule has 0 atom stereocenters. The molecule has 0 aliphatic rings. The number of hydrogen-bond acceptors (Lipinski definition) is 6. The second kappa shape index (κ2) is 7.72. The molecule has 1 N–H and O–H groups in total. The van der Waals surface area contributed by atoms with Gasteiger partial charge in [-0.2, -0.15) is 0 Å². The van der Waals surface area contributed by atoms with Crippen molar-refractivity contribution < 1.29 is 9.21 Å². The van der Waals surface area contributed by atoms with Crippen LogP contribution in [0, 0.1) is 6.92 Å². The van der Waals surface area contributed by atoms with E-state index in [9.17, 15) is 4.79 Å². The lowest BCUT2D eigenvalue weighted by atomic mass is 10.2. The molecule has 0 spiro atoms. The fourth-order valence-electron chi connectivity index (χ4n) is 2.47. The minimum Gasteiger partial charge on any atom is -0.410 e. The summed E-state index contributed by atoms with van der Waals surface area (Å²) in [5.74, 6) is 0.404. The average Bonchev–Trinajstić information content (AvgIpc) is 3.27. The van der Waals surface area contributed by atoms with Crippen LogP contribution in [0.4, 0.5) is 5.69 Å². The van der Waals surface area contributed by atoms with Crippen molar-refractivity contribution in [2.75, 3.05) is 11.1 Å². The van der Waals surface area contributed by atoms with Gasteiger partial charge in [0.2, 0.25) is 5.91 Å². The molecular weight excluding hydrogens is 402 g/mol. The monoisotopic (exact) mass is 415 g/mol. The highest BCUT2D eigenvalue weighted by Gasteiger charge is 2.18. The second-order valence-electron chi connectivity index (χ2n) is 5.82. The smallest absolute Gasteiger partial charge is 0.277 e. The van der Waals surface area contributed by atoms with E-state index >= 15 is 0 Å². The summed E-state index contributed by atoms with van der Waals surface area (Å²) in [5.41, 5.74) is 1.90. The van der Waals surface area contributed by atoms with Gasteiger partial charge in [-0.05, 0) is 25.1 Å². The first-order valence-electron chi connectivity index (χ1n) is 8.10. The normalized spacial score (nSPS) is 11.0. The number of benzene rings is 2. The van der Waals surface area contributed by atoms with Crippen molar-refractivity contribution in [2.24, 2.45) is 0 Å². The van der Waals surface area contributed by atoms with Crippen molar-refractivity contribution in [2.45, 2.75) is 12.1 Å². The number of hydrogen-bond donors (Lipinski definition) is 1. The van der Waals surface area contributed by atoms with Gasteiger partial charge < -0.3 is 9.73 Å². The fraction of sp³-hybridized carbons (Fsp3) is 0.105. The van der Waals surface area contributed by atoms with Crippen molar-refractivity contribution >= 4 is 56.4 Å².